The number of nitrogens with zero attached hydrogens (tertiary/aromatic N) is 2. The fourth-order valence-corrected chi connectivity index (χ4v) is 2.87. The zero-order valence-corrected chi connectivity index (χ0v) is 15.8. The summed E-state index contributed by atoms with van der Waals surface area (Å²) in [5.74, 6) is 0.739. The van der Waals surface area contributed by atoms with Gasteiger partial charge in [-0.25, -0.2) is 4.79 Å². The van der Waals surface area contributed by atoms with Gasteiger partial charge in [-0.1, -0.05) is 6.07 Å². The van der Waals surface area contributed by atoms with E-state index in [1.54, 1.807) is 18.4 Å². The molecule has 1 amide bonds. The summed E-state index contributed by atoms with van der Waals surface area (Å²) in [6.45, 7) is 7.68. The fourth-order valence-electron chi connectivity index (χ4n) is 2.23. The lowest BCUT2D eigenvalue weighted by molar-refractivity contribution is 0.0238. The standard InChI is InChI=1S/C17H28N4O2S/c1-17(2,3)23-16(22)21(13-7-8-13)10-9-19-15(18-4)20-12-14-6-5-11-24-14/h5-6,11,13H,7-10,12H2,1-4H3,(H2,18,19,20). The number of aliphatic imine (C=N–C) groups is 1. The summed E-state index contributed by atoms with van der Waals surface area (Å²) < 4.78 is 5.50. The fraction of sp³-hybridized carbons (Fsp3) is 0.647. The molecule has 1 heterocycles. The summed E-state index contributed by atoms with van der Waals surface area (Å²) in [5, 5.41) is 8.59. The van der Waals surface area contributed by atoms with Crippen molar-refractivity contribution >= 4 is 23.4 Å². The maximum atomic E-state index is 12.3. The first-order valence-electron chi connectivity index (χ1n) is 8.35. The van der Waals surface area contributed by atoms with E-state index in [1.807, 2.05) is 31.7 Å². The number of guanidine groups is 1. The van der Waals surface area contributed by atoms with Crippen LogP contribution in [0.4, 0.5) is 4.79 Å². The summed E-state index contributed by atoms with van der Waals surface area (Å²) in [6, 6.07) is 4.44. The first-order chi connectivity index (χ1) is 11.4. The average molecular weight is 353 g/mol. The molecular formula is C17H28N4O2S. The number of carbonyl (C=O) groups is 1. The summed E-state index contributed by atoms with van der Waals surface area (Å²) >= 11 is 1.71. The molecule has 2 rings (SSSR count). The lowest BCUT2D eigenvalue weighted by Gasteiger charge is -2.27. The third-order valence-electron chi connectivity index (χ3n) is 3.49. The highest BCUT2D eigenvalue weighted by Gasteiger charge is 2.34. The topological polar surface area (TPSA) is 66.0 Å². The average Bonchev–Trinajstić information content (AvgIpc) is 3.19. The van der Waals surface area contributed by atoms with Gasteiger partial charge in [-0.3, -0.25) is 4.99 Å². The minimum absolute atomic E-state index is 0.228. The highest BCUT2D eigenvalue weighted by molar-refractivity contribution is 7.09. The van der Waals surface area contributed by atoms with Crippen molar-refractivity contribution < 1.29 is 9.53 Å². The number of ether oxygens (including phenoxy) is 1. The molecule has 0 bridgehead atoms. The Kier molecular flexibility index (Phi) is 6.48. The van der Waals surface area contributed by atoms with Gasteiger partial charge in [-0.15, -0.1) is 11.3 Å². The van der Waals surface area contributed by atoms with Crippen LogP contribution in [0, 0.1) is 0 Å². The highest BCUT2D eigenvalue weighted by atomic mass is 32.1. The van der Waals surface area contributed by atoms with Gasteiger partial charge in [0.1, 0.15) is 5.60 Å². The predicted octanol–water partition coefficient (Wildman–Crippen LogP) is 2.81. The van der Waals surface area contributed by atoms with Crippen LogP contribution in [0.15, 0.2) is 22.5 Å². The van der Waals surface area contributed by atoms with Crippen LogP contribution >= 0.6 is 11.3 Å². The third kappa shape index (κ3) is 6.39. The van der Waals surface area contributed by atoms with Gasteiger partial charge in [0.15, 0.2) is 5.96 Å². The number of hydrogen-bond acceptors (Lipinski definition) is 4. The summed E-state index contributed by atoms with van der Waals surface area (Å²) in [7, 11) is 1.75. The van der Waals surface area contributed by atoms with Crippen LogP contribution in [0.3, 0.4) is 0 Å². The molecule has 7 heteroatoms. The second-order valence-electron chi connectivity index (χ2n) is 6.84. The van der Waals surface area contributed by atoms with Gasteiger partial charge in [0.05, 0.1) is 6.54 Å². The van der Waals surface area contributed by atoms with Crippen molar-refractivity contribution in [3.8, 4) is 0 Å². The molecule has 0 spiro atoms. The van der Waals surface area contributed by atoms with Crippen LogP contribution in [0.5, 0.6) is 0 Å². The van der Waals surface area contributed by atoms with Gasteiger partial charge in [0.2, 0.25) is 0 Å². The summed E-state index contributed by atoms with van der Waals surface area (Å²) in [6.07, 6.45) is 1.89. The van der Waals surface area contributed by atoms with Gasteiger partial charge in [-0.05, 0) is 45.1 Å². The molecular weight excluding hydrogens is 324 g/mol. The molecule has 1 aromatic rings. The normalized spacial score (nSPS) is 15.1. The van der Waals surface area contributed by atoms with E-state index < -0.39 is 5.60 Å². The number of rotatable bonds is 6. The van der Waals surface area contributed by atoms with Crippen LogP contribution in [-0.2, 0) is 11.3 Å². The van der Waals surface area contributed by atoms with Crippen molar-refractivity contribution in [1.29, 1.82) is 0 Å². The Morgan fingerprint density at radius 2 is 2.17 bits per heavy atom. The van der Waals surface area contributed by atoms with Gasteiger partial charge in [-0.2, -0.15) is 0 Å². The van der Waals surface area contributed by atoms with E-state index in [1.165, 1.54) is 4.88 Å². The van der Waals surface area contributed by atoms with E-state index >= 15 is 0 Å². The van der Waals surface area contributed by atoms with Gasteiger partial charge in [0.25, 0.3) is 0 Å². The van der Waals surface area contributed by atoms with Crippen LogP contribution in [-0.4, -0.2) is 48.7 Å². The zero-order chi connectivity index (χ0) is 17.6. The van der Waals surface area contributed by atoms with Crippen LogP contribution in [0.25, 0.3) is 0 Å². The Bertz CT molecular complexity index is 547. The summed E-state index contributed by atoms with van der Waals surface area (Å²) in [5.41, 5.74) is -0.462. The van der Waals surface area contributed by atoms with Crippen molar-refractivity contribution in [2.45, 2.75) is 51.8 Å². The lowest BCUT2D eigenvalue weighted by Crippen LogP contribution is -2.45. The second-order valence-corrected chi connectivity index (χ2v) is 7.87. The molecule has 2 N–H and O–H groups in total. The monoisotopic (exact) mass is 352 g/mol. The Morgan fingerprint density at radius 1 is 1.42 bits per heavy atom. The van der Waals surface area contributed by atoms with Gasteiger partial charge < -0.3 is 20.3 Å². The van der Waals surface area contributed by atoms with E-state index in [4.69, 9.17) is 4.74 Å². The minimum Gasteiger partial charge on any atom is -0.444 e. The quantitative estimate of drug-likeness (QED) is 0.610. The molecule has 134 valence electrons. The second kappa shape index (κ2) is 8.37. The van der Waals surface area contributed by atoms with Crippen LogP contribution in [0.1, 0.15) is 38.5 Å². The first-order valence-corrected chi connectivity index (χ1v) is 9.23. The van der Waals surface area contributed by atoms with E-state index in [0.717, 1.165) is 25.3 Å². The zero-order valence-electron chi connectivity index (χ0n) is 15.0. The van der Waals surface area contributed by atoms with E-state index in [-0.39, 0.29) is 6.09 Å². The Balaban J connectivity index is 1.76. The number of nitrogens with one attached hydrogen (secondary N) is 2. The lowest BCUT2D eigenvalue weighted by atomic mass is 10.2. The smallest absolute Gasteiger partial charge is 0.410 e. The molecule has 0 atom stereocenters. The van der Waals surface area contributed by atoms with Crippen molar-refractivity contribution in [1.82, 2.24) is 15.5 Å². The molecule has 0 radical (unpaired) electrons. The van der Waals surface area contributed by atoms with Crippen molar-refractivity contribution in [2.24, 2.45) is 4.99 Å². The molecule has 0 aromatic carbocycles. The van der Waals surface area contributed by atoms with Crippen molar-refractivity contribution in [3.05, 3.63) is 22.4 Å². The number of thiophene rings is 1. The van der Waals surface area contributed by atoms with Gasteiger partial charge in [0, 0.05) is 31.1 Å². The van der Waals surface area contributed by atoms with E-state index in [9.17, 15) is 4.79 Å². The molecule has 1 aliphatic carbocycles. The predicted molar refractivity (Wildman–Crippen MR) is 98.5 cm³/mol. The number of hydrogen-bond donors (Lipinski definition) is 2. The molecule has 0 aliphatic heterocycles. The third-order valence-corrected chi connectivity index (χ3v) is 4.37. The molecule has 6 nitrogen and oxygen atoms in total. The first kappa shape index (κ1) is 18.6. The van der Waals surface area contributed by atoms with Crippen molar-refractivity contribution in [3.63, 3.8) is 0 Å². The molecule has 0 unspecified atom stereocenters. The summed E-state index contributed by atoms with van der Waals surface area (Å²) in [4.78, 5) is 19.6. The molecule has 24 heavy (non-hydrogen) atoms. The minimum atomic E-state index is -0.462. The molecule has 1 saturated carbocycles. The Hall–Kier alpha value is -1.76. The van der Waals surface area contributed by atoms with Crippen LogP contribution in [0.2, 0.25) is 0 Å². The number of carbonyl (C=O) groups excluding carboxylic acids is 1. The Morgan fingerprint density at radius 3 is 2.71 bits per heavy atom. The SMILES string of the molecule is CN=C(NCCN(C(=O)OC(C)(C)C)C1CC1)NCc1cccs1. The maximum absolute atomic E-state index is 12.3. The highest BCUT2D eigenvalue weighted by Crippen LogP contribution is 2.27. The van der Waals surface area contributed by atoms with Crippen LogP contribution < -0.4 is 10.6 Å². The largest absolute Gasteiger partial charge is 0.444 e. The van der Waals surface area contributed by atoms with Crippen molar-refractivity contribution in [2.75, 3.05) is 20.1 Å². The Labute approximate surface area is 148 Å². The molecule has 1 aromatic heterocycles. The van der Waals surface area contributed by atoms with Gasteiger partial charge >= 0.3 is 6.09 Å². The molecule has 0 saturated heterocycles. The maximum Gasteiger partial charge on any atom is 0.410 e. The number of amides is 1. The van der Waals surface area contributed by atoms with E-state index in [0.29, 0.717) is 19.1 Å². The van der Waals surface area contributed by atoms with E-state index in [2.05, 4.69) is 27.1 Å². The molecule has 1 fully saturated rings. The molecule has 1 aliphatic rings.